The zero-order chi connectivity index (χ0) is 11.1. The van der Waals surface area contributed by atoms with Crippen LogP contribution in [0.3, 0.4) is 0 Å². The average molecular weight is 307 g/mol. The van der Waals surface area contributed by atoms with Crippen LogP contribution in [0.4, 0.5) is 0 Å². The minimum atomic E-state index is -3.72. The number of pyridine rings is 1. The molecule has 6 heteroatoms. The Kier molecular flexibility index (Phi) is 2.70. The van der Waals surface area contributed by atoms with Crippen LogP contribution in [0.25, 0.3) is 10.8 Å². The normalized spacial score (nSPS) is 11.9. The van der Waals surface area contributed by atoms with Crippen LogP contribution in [0.2, 0.25) is 0 Å². The van der Waals surface area contributed by atoms with E-state index >= 15 is 0 Å². The van der Waals surface area contributed by atoms with Gasteiger partial charge in [0.15, 0.2) is 0 Å². The summed E-state index contributed by atoms with van der Waals surface area (Å²) in [6.45, 7) is 0. The third kappa shape index (κ3) is 2.00. The predicted molar refractivity (Wildman–Crippen MR) is 62.5 cm³/mol. The van der Waals surface area contributed by atoms with Crippen molar-refractivity contribution in [2.45, 2.75) is 4.90 Å². The fourth-order valence-electron chi connectivity index (χ4n) is 1.34. The van der Waals surface area contributed by atoms with Crippen molar-refractivity contribution >= 4 is 46.4 Å². The Hall–Kier alpha value is -0.650. The Labute approximate surface area is 99.6 Å². The molecule has 2 aromatic rings. The van der Waals surface area contributed by atoms with Gasteiger partial charge in [0.2, 0.25) is 0 Å². The summed E-state index contributed by atoms with van der Waals surface area (Å²) in [5.41, 5.74) is 0. The molecule has 15 heavy (non-hydrogen) atoms. The molecule has 2 rings (SSSR count). The summed E-state index contributed by atoms with van der Waals surface area (Å²) in [7, 11) is 1.60. The van der Waals surface area contributed by atoms with E-state index in [1.54, 1.807) is 18.3 Å². The molecule has 0 aliphatic heterocycles. The molecule has 0 saturated heterocycles. The number of nitrogens with zero attached hydrogens (tertiary/aromatic N) is 1. The van der Waals surface area contributed by atoms with E-state index in [2.05, 4.69) is 20.9 Å². The summed E-state index contributed by atoms with van der Waals surface area (Å²) in [6, 6.07) is 4.73. The molecule has 78 valence electrons. The van der Waals surface area contributed by atoms with Gasteiger partial charge in [-0.2, -0.15) is 0 Å². The molecule has 0 fully saturated rings. The molecule has 3 nitrogen and oxygen atoms in total. The summed E-state index contributed by atoms with van der Waals surface area (Å²) in [5, 5.41) is 1.29. The third-order valence-corrected chi connectivity index (χ3v) is 4.06. The van der Waals surface area contributed by atoms with Gasteiger partial charge in [0.05, 0.1) is 4.90 Å². The highest BCUT2D eigenvalue weighted by atomic mass is 79.9. The van der Waals surface area contributed by atoms with E-state index in [0.29, 0.717) is 5.39 Å². The fourth-order valence-corrected chi connectivity index (χ4v) is 2.86. The van der Waals surface area contributed by atoms with Crippen molar-refractivity contribution in [3.63, 3.8) is 0 Å². The van der Waals surface area contributed by atoms with Crippen molar-refractivity contribution in [3.05, 3.63) is 35.1 Å². The quantitative estimate of drug-likeness (QED) is 0.761. The molecule has 0 unspecified atom stereocenters. The minimum absolute atomic E-state index is 0.102. The number of fused-ring (bicyclic) bond motifs is 1. The second kappa shape index (κ2) is 3.73. The van der Waals surface area contributed by atoms with E-state index in [9.17, 15) is 8.42 Å². The molecule has 0 radical (unpaired) electrons. The lowest BCUT2D eigenvalue weighted by molar-refractivity contribution is 0.610. The van der Waals surface area contributed by atoms with Crippen molar-refractivity contribution < 1.29 is 8.42 Å². The SMILES string of the molecule is O=S(=O)(Cl)c1ccc(Br)c2cnccc12. The van der Waals surface area contributed by atoms with Gasteiger partial charge in [0.1, 0.15) is 0 Å². The van der Waals surface area contributed by atoms with Crippen LogP contribution < -0.4 is 0 Å². The fraction of sp³-hybridized carbons (Fsp3) is 0. The first-order chi connectivity index (χ1) is 7.00. The smallest absolute Gasteiger partial charge is 0.261 e. The summed E-state index contributed by atoms with van der Waals surface area (Å²) in [5.74, 6) is 0. The Morgan fingerprint density at radius 3 is 2.60 bits per heavy atom. The maximum absolute atomic E-state index is 11.3. The largest absolute Gasteiger partial charge is 0.264 e. The van der Waals surface area contributed by atoms with Crippen molar-refractivity contribution in [3.8, 4) is 0 Å². The molecule has 0 amide bonds. The van der Waals surface area contributed by atoms with E-state index in [4.69, 9.17) is 10.7 Å². The second-order valence-corrected chi connectivity index (χ2v) is 6.29. The van der Waals surface area contributed by atoms with Gasteiger partial charge in [-0.25, -0.2) is 8.42 Å². The summed E-state index contributed by atoms with van der Waals surface area (Å²) in [6.07, 6.45) is 3.12. The zero-order valence-electron chi connectivity index (χ0n) is 7.31. The highest BCUT2D eigenvalue weighted by molar-refractivity contribution is 9.10. The van der Waals surface area contributed by atoms with Crippen molar-refractivity contribution in [2.24, 2.45) is 0 Å². The van der Waals surface area contributed by atoms with Gasteiger partial charge in [-0.3, -0.25) is 4.98 Å². The van der Waals surface area contributed by atoms with Gasteiger partial charge in [0, 0.05) is 38.3 Å². The van der Waals surface area contributed by atoms with E-state index in [0.717, 1.165) is 9.86 Å². The number of halogens is 2. The first-order valence-electron chi connectivity index (χ1n) is 3.97. The minimum Gasteiger partial charge on any atom is -0.264 e. The van der Waals surface area contributed by atoms with Crippen LogP contribution in [-0.4, -0.2) is 13.4 Å². The number of aromatic nitrogens is 1. The Morgan fingerprint density at radius 1 is 1.20 bits per heavy atom. The van der Waals surface area contributed by atoms with Crippen molar-refractivity contribution in [2.75, 3.05) is 0 Å². The van der Waals surface area contributed by atoms with Gasteiger partial charge in [-0.1, -0.05) is 15.9 Å². The highest BCUT2D eigenvalue weighted by Crippen LogP contribution is 2.30. The van der Waals surface area contributed by atoms with Crippen molar-refractivity contribution in [1.29, 1.82) is 0 Å². The number of hydrogen-bond acceptors (Lipinski definition) is 3. The van der Waals surface area contributed by atoms with Gasteiger partial charge < -0.3 is 0 Å². The Morgan fingerprint density at radius 2 is 1.93 bits per heavy atom. The predicted octanol–water partition coefficient (Wildman–Crippen LogP) is 2.92. The first kappa shape index (κ1) is 10.9. The lowest BCUT2D eigenvalue weighted by atomic mass is 10.2. The Bertz CT molecular complexity index is 627. The molecule has 0 N–H and O–H groups in total. The third-order valence-electron chi connectivity index (χ3n) is 1.99. The highest BCUT2D eigenvalue weighted by Gasteiger charge is 2.14. The molecule has 0 aliphatic carbocycles. The molecule has 1 aromatic carbocycles. The number of hydrogen-bond donors (Lipinski definition) is 0. The maximum Gasteiger partial charge on any atom is 0.261 e. The molecule has 0 spiro atoms. The molecule has 1 aromatic heterocycles. The lowest BCUT2D eigenvalue weighted by Crippen LogP contribution is -1.92. The van der Waals surface area contributed by atoms with Crippen LogP contribution in [0.5, 0.6) is 0 Å². The lowest BCUT2D eigenvalue weighted by Gasteiger charge is -2.04. The second-order valence-electron chi connectivity index (χ2n) is 2.90. The average Bonchev–Trinajstić information content (AvgIpc) is 2.17. The maximum atomic E-state index is 11.3. The topological polar surface area (TPSA) is 47.0 Å². The number of benzene rings is 1. The Balaban J connectivity index is 2.96. The van der Waals surface area contributed by atoms with Gasteiger partial charge in [-0.05, 0) is 18.2 Å². The molecular weight excluding hydrogens is 302 g/mol. The molecular formula is C9H5BrClNO2S. The van der Waals surface area contributed by atoms with E-state index in [-0.39, 0.29) is 4.90 Å². The number of rotatable bonds is 1. The monoisotopic (exact) mass is 305 g/mol. The van der Waals surface area contributed by atoms with Gasteiger partial charge in [0.25, 0.3) is 9.05 Å². The first-order valence-corrected chi connectivity index (χ1v) is 7.07. The van der Waals surface area contributed by atoms with Crippen LogP contribution in [0.15, 0.2) is 40.0 Å². The van der Waals surface area contributed by atoms with E-state index in [1.807, 2.05) is 0 Å². The van der Waals surface area contributed by atoms with Crippen LogP contribution in [-0.2, 0) is 9.05 Å². The van der Waals surface area contributed by atoms with Crippen LogP contribution in [0.1, 0.15) is 0 Å². The molecule has 0 bridgehead atoms. The van der Waals surface area contributed by atoms with E-state index < -0.39 is 9.05 Å². The standard InChI is InChI=1S/C9H5BrClNO2S/c10-8-1-2-9(15(11,13)14)6-3-4-12-5-7(6)8/h1-5H. The molecule has 1 heterocycles. The van der Waals surface area contributed by atoms with E-state index in [1.165, 1.54) is 12.3 Å². The molecule has 0 aliphatic rings. The zero-order valence-corrected chi connectivity index (χ0v) is 10.5. The molecule has 0 atom stereocenters. The summed E-state index contributed by atoms with van der Waals surface area (Å²) in [4.78, 5) is 4.03. The van der Waals surface area contributed by atoms with Gasteiger partial charge in [-0.15, -0.1) is 0 Å². The van der Waals surface area contributed by atoms with Crippen LogP contribution >= 0.6 is 26.6 Å². The van der Waals surface area contributed by atoms with Crippen molar-refractivity contribution in [1.82, 2.24) is 4.98 Å². The summed E-state index contributed by atoms with van der Waals surface area (Å²) >= 11 is 3.32. The van der Waals surface area contributed by atoms with Gasteiger partial charge >= 0.3 is 0 Å². The summed E-state index contributed by atoms with van der Waals surface area (Å²) < 4.78 is 23.4. The molecule has 0 saturated carbocycles. The van der Waals surface area contributed by atoms with Crippen LogP contribution in [0, 0.1) is 0 Å².